The van der Waals surface area contributed by atoms with Gasteiger partial charge in [0.25, 0.3) is 0 Å². The van der Waals surface area contributed by atoms with E-state index in [1.54, 1.807) is 9.80 Å². The minimum absolute atomic E-state index is 0.0226. The van der Waals surface area contributed by atoms with Gasteiger partial charge >= 0.3 is 12.2 Å². The summed E-state index contributed by atoms with van der Waals surface area (Å²) in [5, 5.41) is 8.99. The van der Waals surface area contributed by atoms with E-state index in [9.17, 15) is 9.59 Å². The molecule has 0 saturated carbocycles. The molecule has 0 unspecified atom stereocenters. The summed E-state index contributed by atoms with van der Waals surface area (Å²) in [5.41, 5.74) is -1.67. The number of hydrogen-bond acceptors (Lipinski definition) is 5. The molecule has 2 amide bonds. The third-order valence-electron chi connectivity index (χ3n) is 6.46. The average molecular weight is 507 g/mol. The zero-order chi connectivity index (χ0) is 27.6. The molecule has 9 nitrogen and oxygen atoms in total. The summed E-state index contributed by atoms with van der Waals surface area (Å²) in [6.45, 7) is 30.2. The van der Waals surface area contributed by atoms with Crippen molar-refractivity contribution in [2.45, 2.75) is 116 Å². The Balaban J connectivity index is 0.000000360. The van der Waals surface area contributed by atoms with E-state index in [1.807, 2.05) is 41.5 Å². The van der Waals surface area contributed by atoms with Gasteiger partial charge in [0.1, 0.15) is 11.2 Å². The van der Waals surface area contributed by atoms with E-state index < -0.39 is 16.7 Å². The highest BCUT2D eigenvalue weighted by molar-refractivity contribution is 5.68. The third-order valence-corrected chi connectivity index (χ3v) is 6.46. The molecule has 0 aromatic carbocycles. The molecule has 2 saturated heterocycles. The van der Waals surface area contributed by atoms with Crippen molar-refractivity contribution in [3.8, 4) is 0 Å². The Bertz CT molecular complexity index is 732. The molecule has 36 heavy (non-hydrogen) atoms. The molecule has 9 heteroatoms. The monoisotopic (exact) mass is 506 g/mol. The lowest BCUT2D eigenvalue weighted by Gasteiger charge is -2.34. The van der Waals surface area contributed by atoms with Gasteiger partial charge in [-0.15, -0.1) is 0 Å². The number of carbonyl (C=O) groups is 2. The maximum absolute atomic E-state index is 11.9. The van der Waals surface area contributed by atoms with Crippen LogP contribution in [-0.4, -0.2) is 82.2 Å². The summed E-state index contributed by atoms with van der Waals surface area (Å²) in [4.78, 5) is 34.6. The summed E-state index contributed by atoms with van der Waals surface area (Å²) >= 11 is 0. The molecule has 0 spiro atoms. The second-order valence-electron chi connectivity index (χ2n) is 11.8. The Morgan fingerprint density at radius 3 is 1.36 bits per heavy atom. The van der Waals surface area contributed by atoms with E-state index in [2.05, 4.69) is 16.6 Å². The number of amides is 2. The molecule has 2 rings (SSSR count). The molecule has 2 aliphatic heterocycles. The molecule has 0 aromatic rings. The highest BCUT2D eigenvalue weighted by atomic mass is 16.6. The molecule has 2 heterocycles. The third kappa shape index (κ3) is 10.2. The summed E-state index contributed by atoms with van der Waals surface area (Å²) < 4.78 is 10.6. The van der Waals surface area contributed by atoms with Crippen LogP contribution in [0.15, 0.2) is 0 Å². The van der Waals surface area contributed by atoms with Crippen LogP contribution in [0.2, 0.25) is 0 Å². The van der Waals surface area contributed by atoms with Crippen LogP contribution in [0.1, 0.15) is 93.4 Å². The maximum atomic E-state index is 11.9. The van der Waals surface area contributed by atoms with E-state index in [-0.39, 0.29) is 24.3 Å². The van der Waals surface area contributed by atoms with Gasteiger partial charge in [-0.05, 0) is 48.0 Å². The molecule has 204 valence electrons. The first kappa shape index (κ1) is 31.5. The Hall–Kier alpha value is -2.52. The lowest BCUT2D eigenvalue weighted by Crippen LogP contribution is -2.47. The van der Waals surface area contributed by atoms with Crippen LogP contribution in [0.5, 0.6) is 0 Å². The van der Waals surface area contributed by atoms with E-state index in [0.29, 0.717) is 45.4 Å². The predicted octanol–water partition coefficient (Wildman–Crippen LogP) is 5.53. The topological polar surface area (TPSA) is 88.0 Å². The van der Waals surface area contributed by atoms with Crippen molar-refractivity contribution in [3.63, 3.8) is 0 Å². The number of aliphatic hydroxyl groups is 1. The minimum Gasteiger partial charge on any atom is -0.444 e. The van der Waals surface area contributed by atoms with Crippen molar-refractivity contribution in [3.05, 3.63) is 22.8 Å². The first-order valence-corrected chi connectivity index (χ1v) is 13.0. The van der Waals surface area contributed by atoms with Crippen molar-refractivity contribution in [1.82, 2.24) is 9.80 Å². The van der Waals surface area contributed by atoms with Crippen molar-refractivity contribution in [2.75, 3.05) is 32.8 Å². The van der Waals surface area contributed by atoms with Gasteiger partial charge in [-0.3, -0.25) is 0 Å². The van der Waals surface area contributed by atoms with Crippen LogP contribution in [0.4, 0.5) is 9.59 Å². The Morgan fingerprint density at radius 1 is 0.778 bits per heavy atom. The van der Waals surface area contributed by atoms with Gasteiger partial charge in [0, 0.05) is 64.7 Å². The molecular formula is C27H46N4O5. The van der Waals surface area contributed by atoms with Crippen molar-refractivity contribution < 1.29 is 24.2 Å². The normalized spacial score (nSPS) is 19.2. The predicted molar refractivity (Wildman–Crippen MR) is 139 cm³/mol. The largest absolute Gasteiger partial charge is 0.444 e. The zero-order valence-corrected chi connectivity index (χ0v) is 23.4. The SMILES string of the molecule is [C-]#[N+]C1(CCC)CCN(C(=O)OC(C)(C)C)CC1.[C-]#[N+]C1(CCO)CCN(C(=O)OC(C)(C)C)CC1. The van der Waals surface area contributed by atoms with E-state index in [4.69, 9.17) is 27.7 Å². The first-order valence-electron chi connectivity index (χ1n) is 13.0. The van der Waals surface area contributed by atoms with Crippen LogP contribution >= 0.6 is 0 Å². The molecule has 0 atom stereocenters. The minimum atomic E-state index is -0.493. The van der Waals surface area contributed by atoms with Crippen LogP contribution in [-0.2, 0) is 9.47 Å². The van der Waals surface area contributed by atoms with Crippen LogP contribution < -0.4 is 0 Å². The smallest absolute Gasteiger partial charge is 0.410 e. The Labute approximate surface area is 217 Å². The van der Waals surface area contributed by atoms with E-state index >= 15 is 0 Å². The van der Waals surface area contributed by atoms with E-state index in [1.165, 1.54) is 0 Å². The standard InChI is InChI=1S/C14H24N2O2.C13H22N2O3/c1-6-7-14(15-5)8-10-16(11-9-14)12(17)18-13(2,3)4;1-12(2,3)18-11(17)15-8-5-13(14-4,6-9-15)7-10-16/h6-11H2,1-4H3;16H,5-10H2,1-3H3. The van der Waals surface area contributed by atoms with Crippen molar-refractivity contribution in [2.24, 2.45) is 0 Å². The van der Waals surface area contributed by atoms with E-state index in [0.717, 1.165) is 25.7 Å². The van der Waals surface area contributed by atoms with Gasteiger partial charge in [-0.25, -0.2) is 22.7 Å². The number of nitrogens with zero attached hydrogens (tertiary/aromatic N) is 4. The number of ether oxygens (including phenoxy) is 2. The number of aliphatic hydroxyl groups excluding tert-OH is 1. The lowest BCUT2D eigenvalue weighted by molar-refractivity contribution is 0.0166. The van der Waals surface area contributed by atoms with Gasteiger partial charge in [0.15, 0.2) is 0 Å². The van der Waals surface area contributed by atoms with Gasteiger partial charge < -0.3 is 34.1 Å². The first-order chi connectivity index (χ1) is 16.6. The fourth-order valence-electron chi connectivity index (χ4n) is 4.37. The summed E-state index contributed by atoms with van der Waals surface area (Å²) in [6, 6.07) is 0. The number of piperidine rings is 2. The molecule has 2 fully saturated rings. The zero-order valence-electron chi connectivity index (χ0n) is 23.4. The number of rotatable bonds is 4. The fraction of sp³-hybridized carbons (Fsp3) is 0.852. The second kappa shape index (κ2) is 13.1. The van der Waals surface area contributed by atoms with Crippen molar-refractivity contribution >= 4 is 12.2 Å². The summed E-state index contributed by atoms with van der Waals surface area (Å²) in [6.07, 6.45) is 4.62. The van der Waals surface area contributed by atoms with Crippen LogP contribution in [0, 0.1) is 13.1 Å². The molecule has 0 bridgehead atoms. The molecular weight excluding hydrogens is 460 g/mol. The van der Waals surface area contributed by atoms with Crippen LogP contribution in [0.3, 0.4) is 0 Å². The van der Waals surface area contributed by atoms with Gasteiger partial charge in [-0.2, -0.15) is 0 Å². The lowest BCUT2D eigenvalue weighted by atomic mass is 9.84. The highest BCUT2D eigenvalue weighted by Gasteiger charge is 2.42. The quantitative estimate of drug-likeness (QED) is 0.506. The molecule has 1 N–H and O–H groups in total. The maximum Gasteiger partial charge on any atom is 0.410 e. The second-order valence-corrected chi connectivity index (χ2v) is 11.8. The summed E-state index contributed by atoms with van der Waals surface area (Å²) in [5.74, 6) is 0. The Morgan fingerprint density at radius 2 is 1.11 bits per heavy atom. The molecule has 2 aliphatic rings. The Kier molecular flexibility index (Phi) is 11.5. The molecule has 0 aromatic heterocycles. The van der Waals surface area contributed by atoms with Crippen molar-refractivity contribution in [1.29, 1.82) is 0 Å². The number of carbonyl (C=O) groups excluding carboxylic acids is 2. The van der Waals surface area contributed by atoms with Gasteiger partial charge in [-0.1, -0.05) is 6.92 Å². The van der Waals surface area contributed by atoms with Crippen LogP contribution in [0.25, 0.3) is 9.69 Å². The highest BCUT2D eigenvalue weighted by Crippen LogP contribution is 2.32. The average Bonchev–Trinajstić information content (AvgIpc) is 2.78. The summed E-state index contributed by atoms with van der Waals surface area (Å²) in [7, 11) is 0. The number of hydrogen-bond donors (Lipinski definition) is 1. The van der Waals surface area contributed by atoms with Gasteiger partial charge in [0.05, 0.1) is 6.61 Å². The molecule has 0 radical (unpaired) electrons. The molecule has 0 aliphatic carbocycles. The fourth-order valence-corrected chi connectivity index (χ4v) is 4.37. The van der Waals surface area contributed by atoms with Gasteiger partial charge in [0.2, 0.25) is 11.1 Å². The number of likely N-dealkylation sites (tertiary alicyclic amines) is 2.